The van der Waals surface area contributed by atoms with Crippen molar-refractivity contribution < 1.29 is 4.79 Å². The van der Waals surface area contributed by atoms with Gasteiger partial charge in [-0.15, -0.1) is 0 Å². The van der Waals surface area contributed by atoms with Gasteiger partial charge in [0.05, 0.1) is 22.3 Å². The monoisotopic (exact) mass is 407 g/mol. The molecule has 1 N–H and O–H groups in total. The molecule has 0 saturated heterocycles. The van der Waals surface area contributed by atoms with Crippen molar-refractivity contribution in [1.29, 1.82) is 0 Å². The van der Waals surface area contributed by atoms with Gasteiger partial charge in [-0.3, -0.25) is 14.2 Å². The summed E-state index contributed by atoms with van der Waals surface area (Å²) in [5, 5.41) is 4.28. The van der Waals surface area contributed by atoms with Crippen LogP contribution in [-0.4, -0.2) is 27.3 Å². The molecule has 1 aliphatic carbocycles. The first-order valence-corrected chi connectivity index (χ1v) is 11.1. The lowest BCUT2D eigenvalue weighted by Crippen LogP contribution is -2.41. The molecule has 1 fully saturated rings. The molecule has 3 aromatic rings. The van der Waals surface area contributed by atoms with Crippen LogP contribution in [-0.2, 0) is 4.79 Å². The zero-order valence-corrected chi connectivity index (χ0v) is 17.3. The van der Waals surface area contributed by atoms with Crippen LogP contribution in [0.15, 0.2) is 64.5 Å². The zero-order chi connectivity index (χ0) is 20.2. The second kappa shape index (κ2) is 8.82. The van der Waals surface area contributed by atoms with E-state index in [1.807, 2.05) is 48.5 Å². The molecule has 4 rings (SSSR count). The number of para-hydroxylation sites is 2. The number of carbonyl (C=O) groups excluding carboxylic acids is 1. The molecular weight excluding hydrogens is 382 g/mol. The molecule has 0 radical (unpaired) electrons. The minimum Gasteiger partial charge on any atom is -0.352 e. The van der Waals surface area contributed by atoms with Gasteiger partial charge in [0.25, 0.3) is 5.56 Å². The number of rotatable bonds is 5. The molecule has 2 atom stereocenters. The Morgan fingerprint density at radius 2 is 1.83 bits per heavy atom. The summed E-state index contributed by atoms with van der Waals surface area (Å²) in [6.45, 7) is 2.20. The van der Waals surface area contributed by atoms with Crippen LogP contribution in [0.2, 0.25) is 0 Å². The Bertz CT molecular complexity index is 1060. The normalized spacial score (nSPS) is 19.2. The van der Waals surface area contributed by atoms with E-state index in [2.05, 4.69) is 12.2 Å². The summed E-state index contributed by atoms with van der Waals surface area (Å²) in [5.74, 6) is 0.746. The largest absolute Gasteiger partial charge is 0.352 e. The van der Waals surface area contributed by atoms with Crippen molar-refractivity contribution in [2.24, 2.45) is 5.92 Å². The summed E-state index contributed by atoms with van der Waals surface area (Å²) in [7, 11) is 0. The lowest BCUT2D eigenvalue weighted by Gasteiger charge is -2.29. The second-order valence-corrected chi connectivity index (χ2v) is 8.55. The van der Waals surface area contributed by atoms with E-state index in [1.54, 1.807) is 10.6 Å². The van der Waals surface area contributed by atoms with Crippen molar-refractivity contribution in [2.45, 2.75) is 43.8 Å². The Kier molecular flexibility index (Phi) is 6.00. The van der Waals surface area contributed by atoms with E-state index in [1.165, 1.54) is 24.6 Å². The number of thioether (sulfide) groups is 1. The van der Waals surface area contributed by atoms with Crippen molar-refractivity contribution in [2.75, 3.05) is 5.75 Å². The minimum absolute atomic E-state index is 0.00392. The van der Waals surface area contributed by atoms with Gasteiger partial charge in [0, 0.05) is 6.04 Å². The summed E-state index contributed by atoms with van der Waals surface area (Å²) in [6, 6.07) is 17.0. The highest BCUT2D eigenvalue weighted by Crippen LogP contribution is 2.25. The van der Waals surface area contributed by atoms with Crippen LogP contribution in [0.4, 0.5) is 0 Å². The molecule has 1 saturated carbocycles. The fourth-order valence-corrected chi connectivity index (χ4v) is 4.75. The third kappa shape index (κ3) is 4.37. The Morgan fingerprint density at radius 1 is 1.10 bits per heavy atom. The molecule has 0 bridgehead atoms. The van der Waals surface area contributed by atoms with Crippen molar-refractivity contribution in [3.63, 3.8) is 0 Å². The number of hydrogen-bond donors (Lipinski definition) is 1. The Balaban J connectivity index is 1.61. The first kappa shape index (κ1) is 19.7. The first-order chi connectivity index (χ1) is 14.1. The van der Waals surface area contributed by atoms with Crippen LogP contribution in [0.25, 0.3) is 16.6 Å². The van der Waals surface area contributed by atoms with Crippen LogP contribution < -0.4 is 10.9 Å². The molecule has 1 heterocycles. The number of benzene rings is 2. The highest BCUT2D eigenvalue weighted by atomic mass is 32.2. The molecule has 29 heavy (non-hydrogen) atoms. The van der Waals surface area contributed by atoms with Crippen molar-refractivity contribution in [1.82, 2.24) is 14.9 Å². The molecule has 5 nitrogen and oxygen atoms in total. The minimum atomic E-state index is -0.120. The summed E-state index contributed by atoms with van der Waals surface area (Å²) < 4.78 is 1.60. The van der Waals surface area contributed by atoms with Crippen LogP contribution in [0.1, 0.15) is 32.6 Å². The third-order valence-electron chi connectivity index (χ3n) is 5.55. The van der Waals surface area contributed by atoms with E-state index in [-0.39, 0.29) is 23.3 Å². The molecule has 1 aromatic heterocycles. The highest BCUT2D eigenvalue weighted by molar-refractivity contribution is 7.99. The number of amides is 1. The van der Waals surface area contributed by atoms with Gasteiger partial charge in [-0.2, -0.15) is 0 Å². The Morgan fingerprint density at radius 3 is 2.62 bits per heavy atom. The predicted octanol–water partition coefficient (Wildman–Crippen LogP) is 4.17. The van der Waals surface area contributed by atoms with Crippen molar-refractivity contribution >= 4 is 28.6 Å². The topological polar surface area (TPSA) is 64.0 Å². The summed E-state index contributed by atoms with van der Waals surface area (Å²) >= 11 is 1.31. The van der Waals surface area contributed by atoms with Gasteiger partial charge in [-0.1, -0.05) is 61.9 Å². The maximum atomic E-state index is 13.2. The molecule has 1 amide bonds. The number of aromatic nitrogens is 2. The van der Waals surface area contributed by atoms with Crippen LogP contribution in [0.3, 0.4) is 0 Å². The predicted molar refractivity (Wildman–Crippen MR) is 118 cm³/mol. The number of hydrogen-bond acceptors (Lipinski definition) is 4. The quantitative estimate of drug-likeness (QED) is 0.509. The summed E-state index contributed by atoms with van der Waals surface area (Å²) in [6.07, 6.45) is 4.62. The third-order valence-corrected chi connectivity index (χ3v) is 6.49. The average molecular weight is 408 g/mol. The molecule has 150 valence electrons. The Labute approximate surface area is 174 Å². The van der Waals surface area contributed by atoms with Gasteiger partial charge < -0.3 is 5.32 Å². The van der Waals surface area contributed by atoms with Crippen LogP contribution >= 0.6 is 11.8 Å². The second-order valence-electron chi connectivity index (χ2n) is 7.61. The smallest absolute Gasteiger partial charge is 0.266 e. The average Bonchev–Trinajstić information content (AvgIpc) is 2.75. The maximum absolute atomic E-state index is 13.2. The molecular formula is C23H25N3O2S. The number of fused-ring (bicyclic) bond motifs is 1. The fourth-order valence-electron chi connectivity index (χ4n) is 3.92. The van der Waals surface area contributed by atoms with Gasteiger partial charge in [0.1, 0.15) is 0 Å². The van der Waals surface area contributed by atoms with Crippen molar-refractivity contribution in [3.8, 4) is 5.69 Å². The zero-order valence-electron chi connectivity index (χ0n) is 16.5. The van der Waals surface area contributed by atoms with Crippen LogP contribution in [0, 0.1) is 5.92 Å². The lowest BCUT2D eigenvalue weighted by molar-refractivity contribution is -0.119. The van der Waals surface area contributed by atoms with Crippen molar-refractivity contribution in [3.05, 3.63) is 65.0 Å². The van der Waals surface area contributed by atoms with Gasteiger partial charge in [0.2, 0.25) is 5.91 Å². The van der Waals surface area contributed by atoms with E-state index in [4.69, 9.17) is 4.98 Å². The maximum Gasteiger partial charge on any atom is 0.266 e. The molecule has 0 aliphatic heterocycles. The van der Waals surface area contributed by atoms with Gasteiger partial charge in [-0.05, 0) is 43.0 Å². The summed E-state index contributed by atoms with van der Waals surface area (Å²) in [4.78, 5) is 30.4. The van der Waals surface area contributed by atoms with Crippen LogP contribution in [0.5, 0.6) is 0 Å². The van der Waals surface area contributed by atoms with E-state index in [0.717, 1.165) is 18.5 Å². The summed E-state index contributed by atoms with van der Waals surface area (Å²) in [5.41, 5.74) is 1.28. The first-order valence-electron chi connectivity index (χ1n) is 10.1. The number of nitrogens with one attached hydrogen (secondary N) is 1. The Hall–Kier alpha value is -2.60. The lowest BCUT2D eigenvalue weighted by atomic mass is 9.86. The van der Waals surface area contributed by atoms with E-state index >= 15 is 0 Å². The van der Waals surface area contributed by atoms with Gasteiger partial charge >= 0.3 is 0 Å². The highest BCUT2D eigenvalue weighted by Gasteiger charge is 2.23. The van der Waals surface area contributed by atoms with Gasteiger partial charge in [-0.25, -0.2) is 4.98 Å². The van der Waals surface area contributed by atoms with Gasteiger partial charge in [0.15, 0.2) is 5.16 Å². The van der Waals surface area contributed by atoms with E-state index in [9.17, 15) is 9.59 Å². The van der Waals surface area contributed by atoms with E-state index < -0.39 is 0 Å². The number of carbonyl (C=O) groups is 1. The fraction of sp³-hybridized carbons (Fsp3) is 0.348. The molecule has 6 heteroatoms. The van der Waals surface area contributed by atoms with E-state index in [0.29, 0.717) is 22.0 Å². The molecule has 0 spiro atoms. The molecule has 1 aliphatic rings. The number of nitrogens with zero attached hydrogens (tertiary/aromatic N) is 2. The SMILES string of the molecule is C[C@H]1CCCC[C@@H]1NC(=O)CSc1nc2ccccc2c(=O)n1-c1ccccc1. The standard InChI is InChI=1S/C23H25N3O2S/c1-16-9-5-7-13-19(16)24-21(27)15-29-23-25-20-14-8-6-12-18(20)22(28)26(23)17-10-3-2-4-11-17/h2-4,6,8,10-12,14,16,19H,5,7,9,13,15H2,1H3,(H,24,27)/t16-,19-/m0/s1. The molecule has 0 unspecified atom stereocenters. The molecule has 2 aromatic carbocycles.